The van der Waals surface area contributed by atoms with Gasteiger partial charge in [0.2, 0.25) is 5.91 Å². The summed E-state index contributed by atoms with van der Waals surface area (Å²) in [6.45, 7) is 6.18. The van der Waals surface area contributed by atoms with Crippen LogP contribution in [0.1, 0.15) is 24.9 Å². The van der Waals surface area contributed by atoms with Crippen molar-refractivity contribution in [3.63, 3.8) is 0 Å². The summed E-state index contributed by atoms with van der Waals surface area (Å²) >= 11 is 0. The highest BCUT2D eigenvalue weighted by molar-refractivity contribution is 5.85. The molecule has 1 unspecified atom stereocenters. The van der Waals surface area contributed by atoms with Gasteiger partial charge in [-0.2, -0.15) is 0 Å². The predicted molar refractivity (Wildman–Crippen MR) is 72.8 cm³/mol. The summed E-state index contributed by atoms with van der Waals surface area (Å²) in [5.41, 5.74) is -0.254. The van der Waals surface area contributed by atoms with E-state index in [0.717, 1.165) is 31.0 Å². The molecule has 2 heterocycles. The van der Waals surface area contributed by atoms with Gasteiger partial charge >= 0.3 is 0 Å². The molecule has 1 aliphatic rings. The maximum absolute atomic E-state index is 12.3. The molecule has 0 saturated carbocycles. The number of furan rings is 1. The standard InChI is InChI=1S/C13H20N2O2.ClH/c1-10-4-5-11(17-10)8-15(3)12(16)13(2)6-7-14-9-13;/h4-5,14H,6-9H2,1-3H3;1H. The van der Waals surface area contributed by atoms with Crippen molar-refractivity contribution in [1.82, 2.24) is 10.2 Å². The number of carbonyl (C=O) groups is 1. The monoisotopic (exact) mass is 272 g/mol. The lowest BCUT2D eigenvalue weighted by atomic mass is 9.88. The molecular formula is C13H21ClN2O2. The topological polar surface area (TPSA) is 45.5 Å². The minimum atomic E-state index is -0.254. The summed E-state index contributed by atoms with van der Waals surface area (Å²) in [5.74, 6) is 1.92. The number of hydrogen-bond acceptors (Lipinski definition) is 3. The molecule has 2 rings (SSSR count). The van der Waals surface area contributed by atoms with E-state index in [1.807, 2.05) is 33.0 Å². The van der Waals surface area contributed by atoms with Gasteiger partial charge in [0.05, 0.1) is 12.0 Å². The molecule has 0 bridgehead atoms. The van der Waals surface area contributed by atoms with E-state index in [-0.39, 0.29) is 23.7 Å². The van der Waals surface area contributed by atoms with E-state index >= 15 is 0 Å². The molecule has 1 saturated heterocycles. The fourth-order valence-electron chi connectivity index (χ4n) is 2.34. The second-order valence-electron chi connectivity index (χ2n) is 5.16. The lowest BCUT2D eigenvalue weighted by molar-refractivity contribution is -0.139. The zero-order valence-corrected chi connectivity index (χ0v) is 12.0. The van der Waals surface area contributed by atoms with Crippen LogP contribution in [0.25, 0.3) is 0 Å². The number of nitrogens with one attached hydrogen (secondary N) is 1. The minimum absolute atomic E-state index is 0. The van der Waals surface area contributed by atoms with Crippen LogP contribution < -0.4 is 5.32 Å². The summed E-state index contributed by atoms with van der Waals surface area (Å²) in [6, 6.07) is 3.85. The number of halogens is 1. The predicted octanol–water partition coefficient (Wildman–Crippen LogP) is 1.97. The van der Waals surface area contributed by atoms with Crippen LogP contribution in [0, 0.1) is 12.3 Å². The molecular weight excluding hydrogens is 252 g/mol. The Labute approximate surface area is 114 Å². The van der Waals surface area contributed by atoms with Crippen molar-refractivity contribution >= 4 is 18.3 Å². The molecule has 1 fully saturated rings. The van der Waals surface area contributed by atoms with E-state index in [1.165, 1.54) is 0 Å². The molecule has 1 aliphatic heterocycles. The number of rotatable bonds is 3. The quantitative estimate of drug-likeness (QED) is 0.915. The Morgan fingerprint density at radius 3 is 2.78 bits per heavy atom. The van der Waals surface area contributed by atoms with Crippen LogP contribution >= 0.6 is 12.4 Å². The van der Waals surface area contributed by atoms with E-state index < -0.39 is 0 Å². The van der Waals surface area contributed by atoms with Gasteiger partial charge in [-0.25, -0.2) is 0 Å². The SMILES string of the molecule is Cc1ccc(CN(C)C(=O)C2(C)CCNC2)o1.Cl. The first-order valence-electron chi connectivity index (χ1n) is 6.03. The van der Waals surface area contributed by atoms with Crippen molar-refractivity contribution in [2.24, 2.45) is 5.41 Å². The summed E-state index contributed by atoms with van der Waals surface area (Å²) in [4.78, 5) is 14.1. The molecule has 0 radical (unpaired) electrons. The van der Waals surface area contributed by atoms with Crippen LogP contribution in [0.2, 0.25) is 0 Å². The number of aryl methyl sites for hydroxylation is 1. The first-order valence-corrected chi connectivity index (χ1v) is 6.03. The van der Waals surface area contributed by atoms with Crippen molar-refractivity contribution < 1.29 is 9.21 Å². The average Bonchev–Trinajstić information content (AvgIpc) is 2.88. The molecule has 1 aromatic heterocycles. The van der Waals surface area contributed by atoms with Crippen molar-refractivity contribution in [3.8, 4) is 0 Å². The lowest BCUT2D eigenvalue weighted by Crippen LogP contribution is -2.41. The van der Waals surface area contributed by atoms with Crippen LogP contribution in [0.3, 0.4) is 0 Å². The number of carbonyl (C=O) groups excluding carboxylic acids is 1. The van der Waals surface area contributed by atoms with Gasteiger partial charge in [-0.3, -0.25) is 4.79 Å². The molecule has 1 N–H and O–H groups in total. The second kappa shape index (κ2) is 5.76. The molecule has 18 heavy (non-hydrogen) atoms. The molecule has 5 heteroatoms. The largest absolute Gasteiger partial charge is 0.464 e. The van der Waals surface area contributed by atoms with Gasteiger partial charge in [0.15, 0.2) is 0 Å². The average molecular weight is 273 g/mol. The summed E-state index contributed by atoms with van der Waals surface area (Å²) in [6.07, 6.45) is 0.910. The Balaban J connectivity index is 0.00000162. The van der Waals surface area contributed by atoms with Crippen molar-refractivity contribution in [1.29, 1.82) is 0 Å². The van der Waals surface area contributed by atoms with Crippen molar-refractivity contribution in [2.75, 3.05) is 20.1 Å². The number of amides is 1. The summed E-state index contributed by atoms with van der Waals surface area (Å²) < 4.78 is 5.49. The van der Waals surface area contributed by atoms with E-state index in [4.69, 9.17) is 4.42 Å². The van der Waals surface area contributed by atoms with Gasteiger partial charge in [0, 0.05) is 13.6 Å². The van der Waals surface area contributed by atoms with Crippen LogP contribution in [0.5, 0.6) is 0 Å². The summed E-state index contributed by atoms with van der Waals surface area (Å²) in [5, 5.41) is 3.25. The van der Waals surface area contributed by atoms with Crippen LogP contribution in [-0.2, 0) is 11.3 Å². The number of nitrogens with zero attached hydrogens (tertiary/aromatic N) is 1. The third-order valence-electron chi connectivity index (χ3n) is 3.42. The van der Waals surface area contributed by atoms with E-state index in [2.05, 4.69) is 5.32 Å². The highest BCUT2D eigenvalue weighted by Gasteiger charge is 2.38. The Hall–Kier alpha value is -1.00. The molecule has 1 atom stereocenters. The smallest absolute Gasteiger partial charge is 0.229 e. The van der Waals surface area contributed by atoms with E-state index in [0.29, 0.717) is 6.54 Å². The fourth-order valence-corrected chi connectivity index (χ4v) is 2.34. The molecule has 0 aliphatic carbocycles. The molecule has 0 aromatic carbocycles. The van der Waals surface area contributed by atoms with Crippen LogP contribution in [0.15, 0.2) is 16.5 Å². The zero-order valence-electron chi connectivity index (χ0n) is 11.2. The van der Waals surface area contributed by atoms with Gasteiger partial charge in [-0.15, -0.1) is 12.4 Å². The Morgan fingerprint density at radius 2 is 2.28 bits per heavy atom. The van der Waals surface area contributed by atoms with Crippen LogP contribution in [0.4, 0.5) is 0 Å². The molecule has 102 valence electrons. The van der Waals surface area contributed by atoms with Gasteiger partial charge in [-0.05, 0) is 38.9 Å². The van der Waals surface area contributed by atoms with E-state index in [9.17, 15) is 4.79 Å². The Bertz CT molecular complexity index is 411. The fraction of sp³-hybridized carbons (Fsp3) is 0.615. The Kier molecular flexibility index (Phi) is 4.82. The van der Waals surface area contributed by atoms with Crippen LogP contribution in [-0.4, -0.2) is 30.9 Å². The highest BCUT2D eigenvalue weighted by atomic mass is 35.5. The van der Waals surface area contributed by atoms with Gasteiger partial charge < -0.3 is 14.6 Å². The second-order valence-corrected chi connectivity index (χ2v) is 5.16. The zero-order chi connectivity index (χ0) is 12.5. The minimum Gasteiger partial charge on any atom is -0.464 e. The summed E-state index contributed by atoms with van der Waals surface area (Å²) in [7, 11) is 1.84. The van der Waals surface area contributed by atoms with Crippen molar-refractivity contribution in [2.45, 2.75) is 26.8 Å². The molecule has 1 amide bonds. The Morgan fingerprint density at radius 1 is 1.56 bits per heavy atom. The van der Waals surface area contributed by atoms with Gasteiger partial charge in [-0.1, -0.05) is 0 Å². The van der Waals surface area contributed by atoms with Crippen molar-refractivity contribution in [3.05, 3.63) is 23.7 Å². The molecule has 1 aromatic rings. The molecule has 0 spiro atoms. The van der Waals surface area contributed by atoms with Gasteiger partial charge in [0.25, 0.3) is 0 Å². The van der Waals surface area contributed by atoms with Gasteiger partial charge in [0.1, 0.15) is 11.5 Å². The third-order valence-corrected chi connectivity index (χ3v) is 3.42. The lowest BCUT2D eigenvalue weighted by Gasteiger charge is -2.27. The maximum Gasteiger partial charge on any atom is 0.229 e. The normalized spacial score (nSPS) is 22.6. The maximum atomic E-state index is 12.3. The first-order chi connectivity index (χ1) is 8.01. The third kappa shape index (κ3) is 3.06. The first kappa shape index (κ1) is 15.1. The van der Waals surface area contributed by atoms with E-state index in [1.54, 1.807) is 4.90 Å². The molecule has 4 nitrogen and oxygen atoms in total. The number of hydrogen-bond donors (Lipinski definition) is 1. The highest BCUT2D eigenvalue weighted by Crippen LogP contribution is 2.27.